The van der Waals surface area contributed by atoms with Crippen molar-refractivity contribution in [1.82, 2.24) is 0 Å². The van der Waals surface area contributed by atoms with Crippen molar-refractivity contribution in [3.63, 3.8) is 0 Å². The van der Waals surface area contributed by atoms with Crippen LogP contribution in [0.5, 0.6) is 5.75 Å². The molecule has 0 aliphatic rings. The number of phenols is 1. The van der Waals surface area contributed by atoms with Gasteiger partial charge in [-0.2, -0.15) is 0 Å². The highest BCUT2D eigenvalue weighted by Gasteiger charge is 2.13. The third-order valence-corrected chi connectivity index (χ3v) is 3.54. The van der Waals surface area contributed by atoms with Gasteiger partial charge in [-0.05, 0) is 23.8 Å². The van der Waals surface area contributed by atoms with Crippen molar-refractivity contribution in [2.24, 2.45) is 0 Å². The van der Waals surface area contributed by atoms with Crippen LogP contribution < -0.4 is 0 Å². The van der Waals surface area contributed by atoms with Gasteiger partial charge in [0.05, 0.1) is 4.90 Å². The number of sulfone groups is 1. The fourth-order valence-electron chi connectivity index (χ4n) is 1.65. The Bertz CT molecular complexity index is 645. The summed E-state index contributed by atoms with van der Waals surface area (Å²) in [5, 5.41) is 9.36. The van der Waals surface area contributed by atoms with Gasteiger partial charge in [-0.1, -0.05) is 24.3 Å². The molecule has 2 aromatic carbocycles. The molecule has 0 aromatic heterocycles. The zero-order valence-corrected chi connectivity index (χ0v) is 10.0. The van der Waals surface area contributed by atoms with Crippen LogP contribution >= 0.6 is 0 Å². The van der Waals surface area contributed by atoms with Crippen LogP contribution in [0.4, 0.5) is 0 Å². The highest BCUT2D eigenvalue weighted by Crippen LogP contribution is 2.28. The molecule has 0 unspecified atom stereocenters. The number of hydrogen-bond acceptors (Lipinski definition) is 3. The van der Waals surface area contributed by atoms with Crippen molar-refractivity contribution in [2.75, 3.05) is 6.26 Å². The largest absolute Gasteiger partial charge is 0.507 e. The van der Waals surface area contributed by atoms with Crippen molar-refractivity contribution in [2.45, 2.75) is 4.90 Å². The minimum atomic E-state index is -3.29. The molecule has 1 N–H and O–H groups in total. The minimum absolute atomic E-state index is 0.00851. The average molecular weight is 247 g/mol. The summed E-state index contributed by atoms with van der Waals surface area (Å²) in [5.74, 6) is -0.00851. The summed E-state index contributed by atoms with van der Waals surface area (Å²) in [6.45, 7) is 0. The molecule has 0 heterocycles. The maximum atomic E-state index is 11.6. The molecule has 0 aliphatic heterocycles. The van der Waals surface area contributed by atoms with E-state index >= 15 is 0 Å². The van der Waals surface area contributed by atoms with E-state index in [4.69, 9.17) is 0 Å². The molecule has 0 spiro atoms. The second-order valence-electron chi connectivity index (χ2n) is 3.73. The third-order valence-electron chi connectivity index (χ3n) is 2.38. The molecule has 17 heavy (non-hydrogen) atoms. The molecule has 1 radical (unpaired) electrons. The Balaban J connectivity index is 2.69. The summed E-state index contributed by atoms with van der Waals surface area (Å²) in [6.07, 6.45) is 1.17. The Morgan fingerprint density at radius 1 is 1.18 bits per heavy atom. The smallest absolute Gasteiger partial charge is 0.176 e. The van der Waals surface area contributed by atoms with E-state index in [1.807, 2.05) is 0 Å². The van der Waals surface area contributed by atoms with Crippen molar-refractivity contribution < 1.29 is 13.5 Å². The van der Waals surface area contributed by atoms with E-state index in [0.717, 1.165) is 0 Å². The van der Waals surface area contributed by atoms with E-state index in [2.05, 4.69) is 6.07 Å². The third kappa shape index (κ3) is 2.47. The molecule has 0 saturated heterocycles. The van der Waals surface area contributed by atoms with Gasteiger partial charge in [-0.25, -0.2) is 8.42 Å². The molecule has 0 atom stereocenters. The summed E-state index contributed by atoms with van der Waals surface area (Å²) in [5.41, 5.74) is 1.24. The molecular weight excluding hydrogens is 236 g/mol. The molecule has 4 heteroatoms. The van der Waals surface area contributed by atoms with E-state index < -0.39 is 9.84 Å². The van der Waals surface area contributed by atoms with Crippen LogP contribution in [0, 0.1) is 6.07 Å². The van der Waals surface area contributed by atoms with Crippen LogP contribution in [0.3, 0.4) is 0 Å². The Kier molecular flexibility index (Phi) is 2.90. The monoisotopic (exact) mass is 247 g/mol. The Morgan fingerprint density at radius 2 is 1.88 bits per heavy atom. The topological polar surface area (TPSA) is 54.4 Å². The van der Waals surface area contributed by atoms with Gasteiger partial charge in [0, 0.05) is 17.9 Å². The number of benzene rings is 2. The maximum absolute atomic E-state index is 11.6. The molecule has 0 bridgehead atoms. The highest BCUT2D eigenvalue weighted by atomic mass is 32.2. The zero-order valence-electron chi connectivity index (χ0n) is 9.21. The Labute approximate surface area is 100 Å². The molecule has 0 amide bonds. The SMILES string of the molecule is CS(=O)(=O)c1ccccc1-c1cc[c]c(O)c1. The summed E-state index contributed by atoms with van der Waals surface area (Å²) in [4.78, 5) is 0.255. The quantitative estimate of drug-likeness (QED) is 0.885. The van der Waals surface area contributed by atoms with Gasteiger partial charge < -0.3 is 5.11 Å². The highest BCUT2D eigenvalue weighted by molar-refractivity contribution is 7.90. The van der Waals surface area contributed by atoms with E-state index in [-0.39, 0.29) is 10.6 Å². The first-order valence-corrected chi connectivity index (χ1v) is 6.88. The van der Waals surface area contributed by atoms with Crippen LogP contribution in [0.2, 0.25) is 0 Å². The van der Waals surface area contributed by atoms with Gasteiger partial charge in [-0.15, -0.1) is 0 Å². The van der Waals surface area contributed by atoms with Crippen LogP contribution in [-0.2, 0) is 9.84 Å². The van der Waals surface area contributed by atoms with Crippen molar-refractivity contribution in [3.8, 4) is 16.9 Å². The first-order valence-electron chi connectivity index (χ1n) is 4.98. The molecule has 0 saturated carbocycles. The zero-order chi connectivity index (χ0) is 12.5. The first-order chi connectivity index (χ1) is 7.98. The van der Waals surface area contributed by atoms with E-state index in [1.54, 1.807) is 36.4 Å². The minimum Gasteiger partial charge on any atom is -0.507 e. The van der Waals surface area contributed by atoms with Gasteiger partial charge >= 0.3 is 0 Å². The fraction of sp³-hybridized carbons (Fsp3) is 0.0769. The lowest BCUT2D eigenvalue weighted by atomic mass is 10.1. The molecule has 0 aliphatic carbocycles. The van der Waals surface area contributed by atoms with Gasteiger partial charge in [0.1, 0.15) is 5.75 Å². The Hall–Kier alpha value is -1.81. The van der Waals surface area contributed by atoms with Crippen molar-refractivity contribution in [1.29, 1.82) is 0 Å². The van der Waals surface area contributed by atoms with Crippen LogP contribution in [0.1, 0.15) is 0 Å². The van der Waals surface area contributed by atoms with Gasteiger partial charge in [0.2, 0.25) is 0 Å². The molecule has 0 fully saturated rings. The lowest BCUT2D eigenvalue weighted by Gasteiger charge is -2.07. The number of rotatable bonds is 2. The molecular formula is C13H11O3S. The van der Waals surface area contributed by atoms with Crippen molar-refractivity contribution in [3.05, 3.63) is 48.5 Å². The fourth-order valence-corrected chi connectivity index (χ4v) is 2.56. The second kappa shape index (κ2) is 4.22. The number of phenolic OH excluding ortho intramolecular Hbond substituents is 1. The van der Waals surface area contributed by atoms with Crippen LogP contribution in [0.15, 0.2) is 47.4 Å². The van der Waals surface area contributed by atoms with Crippen LogP contribution in [-0.4, -0.2) is 19.8 Å². The molecule has 2 rings (SSSR count). The molecule has 3 nitrogen and oxygen atoms in total. The summed E-state index contributed by atoms with van der Waals surface area (Å²) in [6, 6.07) is 14.1. The van der Waals surface area contributed by atoms with E-state index in [9.17, 15) is 13.5 Å². The summed E-state index contributed by atoms with van der Waals surface area (Å²) in [7, 11) is -3.29. The van der Waals surface area contributed by atoms with E-state index in [0.29, 0.717) is 11.1 Å². The standard InChI is InChI=1S/C13H11O3S/c1-17(15,16)13-8-3-2-7-12(13)10-5-4-6-11(14)9-10/h2-5,7-9,14H,1H3. The maximum Gasteiger partial charge on any atom is 0.176 e. The Morgan fingerprint density at radius 3 is 2.53 bits per heavy atom. The number of aromatic hydroxyl groups is 1. The van der Waals surface area contributed by atoms with Gasteiger partial charge in [0.15, 0.2) is 9.84 Å². The second-order valence-corrected chi connectivity index (χ2v) is 5.72. The summed E-state index contributed by atoms with van der Waals surface area (Å²) >= 11 is 0. The lowest BCUT2D eigenvalue weighted by molar-refractivity contribution is 0.474. The normalized spacial score (nSPS) is 11.4. The van der Waals surface area contributed by atoms with Gasteiger partial charge in [-0.3, -0.25) is 0 Å². The predicted molar refractivity (Wildman–Crippen MR) is 65.5 cm³/mol. The molecule has 2 aromatic rings. The average Bonchev–Trinajstić information content (AvgIpc) is 2.28. The summed E-state index contributed by atoms with van der Waals surface area (Å²) < 4.78 is 23.3. The first kappa shape index (κ1) is 11.7. The number of hydrogen-bond donors (Lipinski definition) is 1. The predicted octanol–water partition coefficient (Wildman–Crippen LogP) is 2.26. The van der Waals surface area contributed by atoms with Crippen molar-refractivity contribution >= 4 is 9.84 Å². The van der Waals surface area contributed by atoms with Crippen LogP contribution in [0.25, 0.3) is 11.1 Å². The molecule has 87 valence electrons. The lowest BCUT2D eigenvalue weighted by Crippen LogP contribution is -1.99. The van der Waals surface area contributed by atoms with E-state index in [1.165, 1.54) is 12.3 Å². The van der Waals surface area contributed by atoms with Gasteiger partial charge in [0.25, 0.3) is 0 Å².